The molecule has 0 fully saturated rings. The second-order valence-corrected chi connectivity index (χ2v) is 5.92. The third-order valence-electron chi connectivity index (χ3n) is 2.27. The van der Waals surface area contributed by atoms with Crippen LogP contribution in [0.15, 0.2) is 30.3 Å². The Kier molecular flexibility index (Phi) is 5.33. The van der Waals surface area contributed by atoms with Crippen molar-refractivity contribution in [3.05, 3.63) is 35.9 Å². The van der Waals surface area contributed by atoms with E-state index in [1.165, 1.54) is 11.8 Å². The molecule has 0 N–H and O–H groups in total. The number of rotatable bonds is 5. The van der Waals surface area contributed by atoms with Gasteiger partial charge in [-0.25, -0.2) is 0 Å². The van der Waals surface area contributed by atoms with Crippen LogP contribution in [0.2, 0.25) is 0 Å². The molecule has 0 saturated heterocycles. The highest BCUT2D eigenvalue weighted by Crippen LogP contribution is 2.32. The van der Waals surface area contributed by atoms with E-state index in [4.69, 9.17) is 17.5 Å². The average molecular weight is 262 g/mol. The Morgan fingerprint density at radius 1 is 1.47 bits per heavy atom. The number of carbonyl (C=O) groups excluding carboxylic acids is 1. The zero-order valence-electron chi connectivity index (χ0n) is 9.47. The molecule has 0 heterocycles. The van der Waals surface area contributed by atoms with Crippen LogP contribution in [0.4, 0.5) is 0 Å². The summed E-state index contributed by atoms with van der Waals surface area (Å²) in [6.45, 7) is 1.80. The average Bonchev–Trinajstić information content (AvgIpc) is 2.37. The summed E-state index contributed by atoms with van der Waals surface area (Å²) in [5, 5.41) is 9.15. The van der Waals surface area contributed by atoms with Crippen molar-refractivity contribution in [2.24, 2.45) is 0 Å². The molecule has 1 aromatic carbocycles. The van der Waals surface area contributed by atoms with Crippen LogP contribution in [0, 0.1) is 11.3 Å². The van der Waals surface area contributed by atoms with E-state index in [9.17, 15) is 4.79 Å². The number of thiocarbonyl (C=S) groups is 1. The zero-order valence-corrected chi connectivity index (χ0v) is 11.1. The van der Waals surface area contributed by atoms with E-state index in [1.807, 2.05) is 36.6 Å². The molecule has 87 valence electrons. The van der Waals surface area contributed by atoms with E-state index >= 15 is 0 Å². The van der Waals surface area contributed by atoms with Gasteiger partial charge in [-0.3, -0.25) is 4.79 Å². The smallest absolute Gasteiger partial charge is 0.198 e. The standard InChI is InChI=1S/C13H12NOS2/c1-13(10-14,8-5-9-15)17-12(16)11-6-3-2-4-7-11/h2-4,6-7H,5,8H2,1H3. The SMILES string of the molecule is CC(C#N)(CC[C]=O)SC(=S)c1ccccc1. The fourth-order valence-electron chi connectivity index (χ4n) is 1.26. The van der Waals surface area contributed by atoms with Crippen LogP contribution in [0.5, 0.6) is 0 Å². The van der Waals surface area contributed by atoms with Crippen molar-refractivity contribution in [1.29, 1.82) is 5.26 Å². The van der Waals surface area contributed by atoms with Crippen molar-refractivity contribution >= 4 is 34.5 Å². The van der Waals surface area contributed by atoms with Gasteiger partial charge in [0.05, 0.1) is 10.3 Å². The Balaban J connectivity index is 2.73. The highest BCUT2D eigenvalue weighted by molar-refractivity contribution is 8.24. The van der Waals surface area contributed by atoms with Crippen LogP contribution in [-0.2, 0) is 4.79 Å². The lowest BCUT2D eigenvalue weighted by Crippen LogP contribution is -2.19. The number of thioether (sulfide) groups is 1. The van der Waals surface area contributed by atoms with E-state index in [-0.39, 0.29) is 6.42 Å². The molecule has 0 aliphatic heterocycles. The Morgan fingerprint density at radius 2 is 2.12 bits per heavy atom. The minimum absolute atomic E-state index is 0.258. The highest BCUT2D eigenvalue weighted by atomic mass is 32.2. The minimum atomic E-state index is -0.662. The largest absolute Gasteiger partial charge is 0.291 e. The summed E-state index contributed by atoms with van der Waals surface area (Å²) >= 11 is 6.63. The Morgan fingerprint density at radius 3 is 2.65 bits per heavy atom. The third-order valence-corrected chi connectivity index (χ3v) is 3.92. The molecular weight excluding hydrogens is 250 g/mol. The van der Waals surface area contributed by atoms with Crippen LogP contribution < -0.4 is 0 Å². The van der Waals surface area contributed by atoms with Gasteiger partial charge in [0.25, 0.3) is 0 Å². The van der Waals surface area contributed by atoms with Crippen molar-refractivity contribution in [2.75, 3.05) is 0 Å². The number of hydrogen-bond acceptors (Lipinski definition) is 4. The molecule has 4 heteroatoms. The molecular formula is C13H12NOS2. The maximum Gasteiger partial charge on any atom is 0.198 e. The second-order valence-electron chi connectivity index (χ2n) is 3.74. The van der Waals surface area contributed by atoms with Gasteiger partial charge in [0.1, 0.15) is 4.75 Å². The van der Waals surface area contributed by atoms with Gasteiger partial charge in [-0.2, -0.15) is 5.26 Å². The van der Waals surface area contributed by atoms with E-state index < -0.39 is 4.75 Å². The normalized spacial score (nSPS) is 13.4. The lowest BCUT2D eigenvalue weighted by atomic mass is 10.1. The predicted molar refractivity (Wildman–Crippen MR) is 74.7 cm³/mol. The van der Waals surface area contributed by atoms with E-state index in [0.717, 1.165) is 5.56 Å². The maximum absolute atomic E-state index is 10.2. The van der Waals surface area contributed by atoms with E-state index in [2.05, 4.69) is 6.07 Å². The molecule has 0 amide bonds. The molecule has 17 heavy (non-hydrogen) atoms. The molecule has 0 aliphatic carbocycles. The summed E-state index contributed by atoms with van der Waals surface area (Å²) in [7, 11) is 0. The molecule has 2 nitrogen and oxygen atoms in total. The molecule has 1 unspecified atom stereocenters. The molecule has 1 aromatic rings. The van der Waals surface area contributed by atoms with E-state index in [1.54, 1.807) is 6.92 Å². The Bertz CT molecular complexity index is 438. The lowest BCUT2D eigenvalue weighted by Gasteiger charge is -2.19. The number of nitrogens with zero attached hydrogens (tertiary/aromatic N) is 1. The first-order valence-corrected chi connectivity index (χ1v) is 6.38. The third kappa shape index (κ3) is 4.29. The highest BCUT2D eigenvalue weighted by Gasteiger charge is 2.26. The van der Waals surface area contributed by atoms with Gasteiger partial charge in [-0.15, -0.1) is 0 Å². The molecule has 1 rings (SSSR count). The van der Waals surface area contributed by atoms with Crippen LogP contribution in [-0.4, -0.2) is 15.2 Å². The summed E-state index contributed by atoms with van der Waals surface area (Å²) in [6.07, 6.45) is 2.53. The summed E-state index contributed by atoms with van der Waals surface area (Å²) in [6, 6.07) is 11.8. The van der Waals surface area contributed by atoms with Gasteiger partial charge in [0, 0.05) is 6.42 Å². The lowest BCUT2D eigenvalue weighted by molar-refractivity contribution is 0.545. The number of nitriles is 1. The summed E-state index contributed by atoms with van der Waals surface area (Å²) in [5.41, 5.74) is 0.934. The maximum atomic E-state index is 10.2. The first-order valence-electron chi connectivity index (χ1n) is 5.16. The molecule has 0 spiro atoms. The zero-order chi connectivity index (χ0) is 12.7. The molecule has 0 aliphatic rings. The van der Waals surface area contributed by atoms with Crippen LogP contribution in [0.25, 0.3) is 0 Å². The first kappa shape index (κ1) is 13.9. The fourth-order valence-corrected chi connectivity index (χ4v) is 2.86. The van der Waals surface area contributed by atoms with Crippen LogP contribution >= 0.6 is 24.0 Å². The van der Waals surface area contributed by atoms with Gasteiger partial charge in [0.15, 0.2) is 6.29 Å². The van der Waals surface area contributed by atoms with Gasteiger partial charge in [-0.05, 0) is 18.9 Å². The van der Waals surface area contributed by atoms with Gasteiger partial charge in [0.2, 0.25) is 0 Å². The molecule has 0 saturated carbocycles. The molecule has 1 atom stereocenters. The van der Waals surface area contributed by atoms with Crippen molar-refractivity contribution < 1.29 is 4.79 Å². The van der Waals surface area contributed by atoms with Gasteiger partial charge >= 0.3 is 0 Å². The molecule has 1 radical (unpaired) electrons. The molecule has 0 bridgehead atoms. The number of benzene rings is 1. The van der Waals surface area contributed by atoms with E-state index in [0.29, 0.717) is 10.6 Å². The Hall–Kier alpha value is -1.18. The fraction of sp³-hybridized carbons (Fsp3) is 0.308. The predicted octanol–water partition coefficient (Wildman–Crippen LogP) is 3.27. The van der Waals surface area contributed by atoms with Crippen molar-refractivity contribution in [1.82, 2.24) is 0 Å². The quantitative estimate of drug-likeness (QED) is 0.764. The van der Waals surface area contributed by atoms with Gasteiger partial charge in [-0.1, -0.05) is 54.3 Å². The van der Waals surface area contributed by atoms with Crippen molar-refractivity contribution in [3.63, 3.8) is 0 Å². The monoisotopic (exact) mass is 262 g/mol. The van der Waals surface area contributed by atoms with Crippen molar-refractivity contribution in [3.8, 4) is 6.07 Å². The summed E-state index contributed by atoms with van der Waals surface area (Å²) in [5.74, 6) is 0. The van der Waals surface area contributed by atoms with Crippen LogP contribution in [0.3, 0.4) is 0 Å². The van der Waals surface area contributed by atoms with Gasteiger partial charge < -0.3 is 0 Å². The van der Waals surface area contributed by atoms with Crippen LogP contribution in [0.1, 0.15) is 25.3 Å². The summed E-state index contributed by atoms with van der Waals surface area (Å²) in [4.78, 5) is 10.2. The summed E-state index contributed by atoms with van der Waals surface area (Å²) < 4.78 is 0.0187. The first-order chi connectivity index (χ1) is 8.11. The van der Waals surface area contributed by atoms with Crippen molar-refractivity contribution in [2.45, 2.75) is 24.5 Å². The topological polar surface area (TPSA) is 40.9 Å². The second kappa shape index (κ2) is 6.53. The number of hydrogen-bond donors (Lipinski definition) is 0. The Labute approximate surface area is 111 Å². The minimum Gasteiger partial charge on any atom is -0.291 e. The molecule has 0 aromatic heterocycles.